The van der Waals surface area contributed by atoms with Gasteiger partial charge in [-0.25, -0.2) is 5.01 Å². The van der Waals surface area contributed by atoms with Crippen LogP contribution in [0.25, 0.3) is 0 Å². The van der Waals surface area contributed by atoms with Crippen LogP contribution in [0.15, 0.2) is 82.5 Å². The molecule has 0 radical (unpaired) electrons. The van der Waals surface area contributed by atoms with Gasteiger partial charge in [-0.3, -0.25) is 4.79 Å². The third-order valence-corrected chi connectivity index (χ3v) is 4.45. The Morgan fingerprint density at radius 1 is 1.04 bits per heavy atom. The number of halogens is 1. The fraction of sp³-hybridized carbons (Fsp3) is 0.100. The molecule has 0 bridgehead atoms. The molecule has 3 aromatic rings. The quantitative estimate of drug-likeness (QED) is 0.672. The van der Waals surface area contributed by atoms with E-state index in [1.807, 2.05) is 42.5 Å². The molecule has 0 saturated carbocycles. The van der Waals surface area contributed by atoms with Crippen LogP contribution in [0.3, 0.4) is 0 Å². The minimum Gasteiger partial charge on any atom is -0.463 e. The molecule has 4 rings (SSSR count). The molecule has 2 heterocycles. The van der Waals surface area contributed by atoms with Crippen molar-refractivity contribution >= 4 is 23.2 Å². The van der Waals surface area contributed by atoms with E-state index in [1.165, 1.54) is 5.01 Å². The molecule has 1 amide bonds. The van der Waals surface area contributed by atoms with Crippen molar-refractivity contribution in [2.45, 2.75) is 12.5 Å². The number of nitrogens with zero attached hydrogens (tertiary/aromatic N) is 2. The van der Waals surface area contributed by atoms with Crippen LogP contribution in [0, 0.1) is 0 Å². The normalized spacial score (nSPS) is 16.8. The highest BCUT2D eigenvalue weighted by Gasteiger charge is 2.34. The second-order valence-corrected chi connectivity index (χ2v) is 6.25. The minimum absolute atomic E-state index is 0.160. The average Bonchev–Trinajstić information content (AvgIpc) is 3.32. The van der Waals surface area contributed by atoms with Gasteiger partial charge >= 0.3 is 0 Å². The summed E-state index contributed by atoms with van der Waals surface area (Å²) >= 11 is 5.93. The Balaban J connectivity index is 1.71. The molecule has 0 spiro atoms. The van der Waals surface area contributed by atoms with Crippen LogP contribution in [-0.4, -0.2) is 16.6 Å². The topological polar surface area (TPSA) is 45.8 Å². The van der Waals surface area contributed by atoms with Gasteiger partial charge in [0.25, 0.3) is 5.91 Å². The zero-order valence-corrected chi connectivity index (χ0v) is 14.1. The Labute approximate surface area is 150 Å². The molecule has 4 nitrogen and oxygen atoms in total. The molecule has 1 atom stereocenters. The number of hydrogen-bond donors (Lipinski definition) is 0. The van der Waals surface area contributed by atoms with E-state index in [1.54, 1.807) is 30.5 Å². The molecule has 0 unspecified atom stereocenters. The SMILES string of the molecule is O=C(c1ccc(Cl)cc1)N1N=C(c2ccco2)C[C@H]1c1ccccc1. The predicted octanol–water partition coefficient (Wildman–Crippen LogP) is 4.92. The van der Waals surface area contributed by atoms with Gasteiger partial charge < -0.3 is 4.42 Å². The van der Waals surface area contributed by atoms with Gasteiger partial charge in [0.05, 0.1) is 12.3 Å². The highest BCUT2D eigenvalue weighted by atomic mass is 35.5. The van der Waals surface area contributed by atoms with Crippen LogP contribution in [0.2, 0.25) is 5.02 Å². The molecule has 0 N–H and O–H groups in total. The first-order chi connectivity index (χ1) is 12.2. The summed E-state index contributed by atoms with van der Waals surface area (Å²) in [6, 6.07) is 20.3. The number of benzene rings is 2. The molecule has 1 aliphatic heterocycles. The summed E-state index contributed by atoms with van der Waals surface area (Å²) in [5, 5.41) is 6.69. The number of amides is 1. The molecule has 124 valence electrons. The van der Waals surface area contributed by atoms with Gasteiger partial charge in [-0.15, -0.1) is 0 Å². The molecule has 25 heavy (non-hydrogen) atoms. The zero-order valence-electron chi connectivity index (χ0n) is 13.3. The van der Waals surface area contributed by atoms with Crippen molar-refractivity contribution in [1.82, 2.24) is 5.01 Å². The first-order valence-electron chi connectivity index (χ1n) is 7.98. The second-order valence-electron chi connectivity index (χ2n) is 5.81. The Morgan fingerprint density at radius 3 is 2.48 bits per heavy atom. The summed E-state index contributed by atoms with van der Waals surface area (Å²) in [6.45, 7) is 0. The van der Waals surface area contributed by atoms with E-state index in [2.05, 4.69) is 5.10 Å². The molecular formula is C20H15ClN2O2. The second kappa shape index (κ2) is 6.57. The summed E-state index contributed by atoms with van der Waals surface area (Å²) in [5.74, 6) is 0.527. The third-order valence-electron chi connectivity index (χ3n) is 4.20. The molecule has 0 aliphatic carbocycles. The van der Waals surface area contributed by atoms with Gasteiger partial charge in [-0.05, 0) is 42.0 Å². The number of carbonyl (C=O) groups excluding carboxylic acids is 1. The van der Waals surface area contributed by atoms with Crippen molar-refractivity contribution in [2.24, 2.45) is 5.10 Å². The maximum Gasteiger partial charge on any atom is 0.274 e. The highest BCUT2D eigenvalue weighted by molar-refractivity contribution is 6.30. The number of carbonyl (C=O) groups is 1. The largest absolute Gasteiger partial charge is 0.463 e. The standard InChI is InChI=1S/C20H15ClN2O2/c21-16-10-8-15(9-11-16)20(24)23-18(14-5-2-1-3-6-14)13-17(22-23)19-7-4-12-25-19/h1-12,18H,13H2/t18-/m0/s1. The highest BCUT2D eigenvalue weighted by Crippen LogP contribution is 2.34. The van der Waals surface area contributed by atoms with Crippen LogP contribution in [0.4, 0.5) is 0 Å². The zero-order chi connectivity index (χ0) is 17.2. The summed E-state index contributed by atoms with van der Waals surface area (Å²) in [4.78, 5) is 13.0. The van der Waals surface area contributed by atoms with Crippen molar-refractivity contribution in [3.63, 3.8) is 0 Å². The summed E-state index contributed by atoms with van der Waals surface area (Å²) in [7, 11) is 0. The van der Waals surface area contributed by atoms with Crippen molar-refractivity contribution in [3.8, 4) is 0 Å². The number of hydrazone groups is 1. The lowest BCUT2D eigenvalue weighted by Gasteiger charge is -2.22. The van der Waals surface area contributed by atoms with Crippen LogP contribution >= 0.6 is 11.6 Å². The fourth-order valence-corrected chi connectivity index (χ4v) is 3.07. The van der Waals surface area contributed by atoms with Crippen LogP contribution in [0.1, 0.15) is 34.1 Å². The molecular weight excluding hydrogens is 336 g/mol. The summed E-state index contributed by atoms with van der Waals surface area (Å²) in [6.07, 6.45) is 2.22. The lowest BCUT2D eigenvalue weighted by molar-refractivity contribution is 0.0711. The van der Waals surface area contributed by atoms with E-state index in [0.717, 1.165) is 11.3 Å². The molecule has 2 aromatic carbocycles. The van der Waals surface area contributed by atoms with E-state index in [-0.39, 0.29) is 11.9 Å². The summed E-state index contributed by atoms with van der Waals surface area (Å²) < 4.78 is 5.46. The van der Waals surface area contributed by atoms with E-state index in [4.69, 9.17) is 16.0 Å². The minimum atomic E-state index is -0.163. The maximum atomic E-state index is 13.0. The first kappa shape index (κ1) is 15.7. The van der Waals surface area contributed by atoms with Crippen molar-refractivity contribution < 1.29 is 9.21 Å². The molecule has 5 heteroatoms. The Hall–Kier alpha value is -2.85. The monoisotopic (exact) mass is 350 g/mol. The van der Waals surface area contributed by atoms with E-state index in [0.29, 0.717) is 22.8 Å². The van der Waals surface area contributed by atoms with Crippen molar-refractivity contribution in [3.05, 3.63) is 94.9 Å². The van der Waals surface area contributed by atoms with E-state index in [9.17, 15) is 4.79 Å². The first-order valence-corrected chi connectivity index (χ1v) is 8.35. The number of rotatable bonds is 3. The van der Waals surface area contributed by atoms with Gasteiger partial charge in [0.15, 0.2) is 0 Å². The van der Waals surface area contributed by atoms with E-state index < -0.39 is 0 Å². The van der Waals surface area contributed by atoms with Crippen LogP contribution in [0.5, 0.6) is 0 Å². The van der Waals surface area contributed by atoms with Crippen LogP contribution in [-0.2, 0) is 0 Å². The Morgan fingerprint density at radius 2 is 1.80 bits per heavy atom. The van der Waals surface area contributed by atoms with Gasteiger partial charge in [0.2, 0.25) is 0 Å². The lowest BCUT2D eigenvalue weighted by Crippen LogP contribution is -2.27. The van der Waals surface area contributed by atoms with Crippen molar-refractivity contribution in [1.29, 1.82) is 0 Å². The van der Waals surface area contributed by atoms with Crippen LogP contribution < -0.4 is 0 Å². The summed E-state index contributed by atoms with van der Waals surface area (Å²) in [5.41, 5.74) is 2.35. The third kappa shape index (κ3) is 3.08. The molecule has 0 fully saturated rings. The van der Waals surface area contributed by atoms with Crippen molar-refractivity contribution in [2.75, 3.05) is 0 Å². The van der Waals surface area contributed by atoms with Gasteiger partial charge in [0.1, 0.15) is 11.5 Å². The van der Waals surface area contributed by atoms with Gasteiger partial charge in [-0.1, -0.05) is 41.9 Å². The fourth-order valence-electron chi connectivity index (χ4n) is 2.95. The molecule has 0 saturated heterocycles. The molecule has 1 aromatic heterocycles. The Bertz CT molecular complexity index is 903. The smallest absolute Gasteiger partial charge is 0.274 e. The number of hydrogen-bond acceptors (Lipinski definition) is 3. The lowest BCUT2D eigenvalue weighted by atomic mass is 10.0. The van der Waals surface area contributed by atoms with E-state index >= 15 is 0 Å². The predicted molar refractivity (Wildman–Crippen MR) is 96.7 cm³/mol. The maximum absolute atomic E-state index is 13.0. The molecule has 1 aliphatic rings. The van der Waals surface area contributed by atoms with Gasteiger partial charge in [0, 0.05) is 17.0 Å². The number of furan rings is 1. The average molecular weight is 351 g/mol. The van der Waals surface area contributed by atoms with Gasteiger partial charge in [-0.2, -0.15) is 5.10 Å². The Kier molecular flexibility index (Phi) is 4.12.